The molecule has 4 rings (SSSR count). The van der Waals surface area contributed by atoms with Gasteiger partial charge in [-0.05, 0) is 103 Å². The smallest absolute Gasteiger partial charge is 0.0294 e. The molecule has 1 N–H and O–H groups in total. The van der Waals surface area contributed by atoms with Crippen molar-refractivity contribution in [1.29, 1.82) is 0 Å². The van der Waals surface area contributed by atoms with Crippen LogP contribution in [-0.2, 0) is 0 Å². The Morgan fingerprint density at radius 2 is 1.05 bits per heavy atom. The summed E-state index contributed by atoms with van der Waals surface area (Å²) in [6.45, 7) is 45.8. The second-order valence-electron chi connectivity index (χ2n) is 13.0. The number of benzene rings is 4. The van der Waals surface area contributed by atoms with E-state index in [0.29, 0.717) is 0 Å². The molecule has 0 heterocycles. The average Bonchev–Trinajstić information content (AvgIpc) is 3.33. The molecule has 0 saturated carbocycles. The van der Waals surface area contributed by atoms with Gasteiger partial charge in [-0.3, -0.25) is 0 Å². The van der Waals surface area contributed by atoms with Gasteiger partial charge in [-0.25, -0.2) is 0 Å². The van der Waals surface area contributed by atoms with Crippen molar-refractivity contribution < 1.29 is 0 Å². The SMILES string of the molecule is C/C=C\C.C=C.C=C/C=C/C=C\C(=C)c1c2ccccc2c(C=C)c2ccccc12.C=C/C=C\C(=C/C)NC.C=C\C=C/C=C(C)/C(=C/C(C)=C/C)c1ccccc1.CC.CCC. The number of likely N-dealkylation sites (N-methyl/N-ethyl adjacent to an activating group) is 1. The summed E-state index contributed by atoms with van der Waals surface area (Å²) in [6, 6.07) is 27.4. The van der Waals surface area contributed by atoms with Crippen molar-refractivity contribution in [2.24, 2.45) is 0 Å². The van der Waals surface area contributed by atoms with E-state index in [1.165, 1.54) is 61.4 Å². The van der Waals surface area contributed by atoms with Crippen molar-refractivity contribution in [1.82, 2.24) is 5.32 Å². The maximum atomic E-state index is 4.31. The molecule has 4 aromatic rings. The lowest BCUT2D eigenvalue weighted by atomic mass is 9.88. The molecule has 63 heavy (non-hydrogen) atoms. The molecule has 0 spiro atoms. The molecule has 0 unspecified atom stereocenters. The van der Waals surface area contributed by atoms with Gasteiger partial charge in [0.15, 0.2) is 0 Å². The van der Waals surface area contributed by atoms with Crippen LogP contribution in [0.1, 0.15) is 92.3 Å². The van der Waals surface area contributed by atoms with E-state index < -0.39 is 0 Å². The summed E-state index contributed by atoms with van der Waals surface area (Å²) in [5, 5.41) is 7.83. The van der Waals surface area contributed by atoms with Gasteiger partial charge in [0.25, 0.3) is 0 Å². The molecule has 334 valence electrons. The Balaban J connectivity index is -0.000000818. The predicted molar refractivity (Wildman–Crippen MR) is 297 cm³/mol. The number of hydrogen-bond donors (Lipinski definition) is 1. The van der Waals surface area contributed by atoms with Gasteiger partial charge in [0.2, 0.25) is 0 Å². The molecule has 0 aliphatic rings. The normalized spacial score (nSPS) is 11.3. The molecule has 0 radical (unpaired) electrons. The number of allylic oxidation sites excluding steroid dienone is 21. The first-order chi connectivity index (χ1) is 30.6. The molecule has 0 aliphatic carbocycles. The van der Waals surface area contributed by atoms with Gasteiger partial charge in [-0.15, -0.1) is 13.2 Å². The Morgan fingerprint density at radius 1 is 0.587 bits per heavy atom. The third kappa shape index (κ3) is 25.0. The highest BCUT2D eigenvalue weighted by molar-refractivity contribution is 6.15. The third-order valence-corrected chi connectivity index (χ3v) is 8.43. The predicted octanol–water partition coefficient (Wildman–Crippen LogP) is 19.4. The summed E-state index contributed by atoms with van der Waals surface area (Å²) in [6.07, 6.45) is 36.7. The second kappa shape index (κ2) is 42.0. The van der Waals surface area contributed by atoms with E-state index in [-0.39, 0.29) is 0 Å². The highest BCUT2D eigenvalue weighted by Crippen LogP contribution is 2.37. The van der Waals surface area contributed by atoms with Crippen LogP contribution in [0.2, 0.25) is 0 Å². The van der Waals surface area contributed by atoms with Crippen LogP contribution in [0.15, 0.2) is 245 Å². The first-order valence-electron chi connectivity index (χ1n) is 21.9. The van der Waals surface area contributed by atoms with Crippen LogP contribution >= 0.6 is 0 Å². The van der Waals surface area contributed by atoms with Gasteiger partial charge in [-0.1, -0.05) is 255 Å². The molecule has 0 amide bonds. The second-order valence-corrected chi connectivity index (χ2v) is 13.0. The topological polar surface area (TPSA) is 12.0 Å². The van der Waals surface area contributed by atoms with Gasteiger partial charge in [-0.2, -0.15) is 0 Å². The minimum Gasteiger partial charge on any atom is -0.388 e. The van der Waals surface area contributed by atoms with Crippen LogP contribution in [0.25, 0.3) is 38.8 Å². The molecule has 0 aliphatic heterocycles. The largest absolute Gasteiger partial charge is 0.388 e. The van der Waals surface area contributed by atoms with Crippen molar-refractivity contribution in [3.63, 3.8) is 0 Å². The van der Waals surface area contributed by atoms with E-state index in [1.54, 1.807) is 18.2 Å². The first kappa shape index (κ1) is 60.6. The summed E-state index contributed by atoms with van der Waals surface area (Å²) in [5.74, 6) is 0. The average molecular weight is 840 g/mol. The van der Waals surface area contributed by atoms with Crippen molar-refractivity contribution >= 4 is 38.8 Å². The van der Waals surface area contributed by atoms with Crippen molar-refractivity contribution in [3.05, 3.63) is 262 Å². The Hall–Kier alpha value is -6.70. The van der Waals surface area contributed by atoms with Gasteiger partial charge >= 0.3 is 0 Å². The molecule has 0 fully saturated rings. The van der Waals surface area contributed by atoms with Gasteiger partial charge in [0, 0.05) is 12.7 Å². The summed E-state index contributed by atoms with van der Waals surface area (Å²) in [7, 11) is 1.89. The third-order valence-electron chi connectivity index (χ3n) is 8.43. The van der Waals surface area contributed by atoms with Gasteiger partial charge in [0.1, 0.15) is 0 Å². The highest BCUT2D eigenvalue weighted by Gasteiger charge is 2.12. The molecule has 0 aromatic heterocycles. The fourth-order valence-electron chi connectivity index (χ4n) is 5.34. The zero-order valence-corrected chi connectivity index (χ0v) is 41.1. The Kier molecular flexibility index (Phi) is 40.4. The van der Waals surface area contributed by atoms with Crippen molar-refractivity contribution in [2.75, 3.05) is 7.05 Å². The molecule has 0 atom stereocenters. The fraction of sp³-hybridized carbons (Fsp3) is 0.194. The Morgan fingerprint density at radius 3 is 1.46 bits per heavy atom. The lowest BCUT2D eigenvalue weighted by Gasteiger charge is -2.15. The van der Waals surface area contributed by atoms with Gasteiger partial charge in [0.05, 0.1) is 0 Å². The van der Waals surface area contributed by atoms with Crippen LogP contribution in [0.3, 0.4) is 0 Å². The van der Waals surface area contributed by atoms with Crippen LogP contribution in [0.5, 0.6) is 0 Å². The molecular formula is C62H81N. The zero-order valence-electron chi connectivity index (χ0n) is 41.1. The highest BCUT2D eigenvalue weighted by atomic mass is 14.8. The fourth-order valence-corrected chi connectivity index (χ4v) is 5.34. The van der Waals surface area contributed by atoms with E-state index in [9.17, 15) is 0 Å². The van der Waals surface area contributed by atoms with Crippen LogP contribution < -0.4 is 5.32 Å². The van der Waals surface area contributed by atoms with E-state index in [4.69, 9.17) is 0 Å². The summed E-state index contributed by atoms with van der Waals surface area (Å²) >= 11 is 0. The van der Waals surface area contributed by atoms with Crippen molar-refractivity contribution in [2.45, 2.75) is 75.7 Å². The molecule has 4 aromatic carbocycles. The van der Waals surface area contributed by atoms with Gasteiger partial charge < -0.3 is 5.32 Å². The van der Waals surface area contributed by atoms with E-state index in [1.807, 2.05) is 121 Å². The molecule has 1 nitrogen and oxygen atoms in total. The summed E-state index contributed by atoms with van der Waals surface area (Å²) < 4.78 is 0. The van der Waals surface area contributed by atoms with Crippen LogP contribution in [-0.4, -0.2) is 7.05 Å². The van der Waals surface area contributed by atoms with E-state index in [0.717, 1.165) is 11.3 Å². The maximum absolute atomic E-state index is 4.31. The number of fused-ring (bicyclic) bond motifs is 2. The minimum absolute atomic E-state index is 0.992. The number of hydrogen-bond acceptors (Lipinski definition) is 1. The lowest BCUT2D eigenvalue weighted by Crippen LogP contribution is -2.01. The van der Waals surface area contributed by atoms with Crippen LogP contribution in [0.4, 0.5) is 0 Å². The lowest BCUT2D eigenvalue weighted by molar-refractivity contribution is 1.03. The maximum Gasteiger partial charge on any atom is 0.0294 e. The summed E-state index contributed by atoms with van der Waals surface area (Å²) in [4.78, 5) is 0. The molecule has 0 bridgehead atoms. The van der Waals surface area contributed by atoms with Crippen LogP contribution in [0, 0.1) is 0 Å². The molecule has 1 heteroatoms. The Bertz CT molecular complexity index is 2120. The Labute approximate surface area is 386 Å². The molecular weight excluding hydrogens is 759 g/mol. The first-order valence-corrected chi connectivity index (χ1v) is 21.9. The zero-order chi connectivity index (χ0) is 48.3. The van der Waals surface area contributed by atoms with E-state index >= 15 is 0 Å². The monoisotopic (exact) mass is 840 g/mol. The number of nitrogens with one attached hydrogen (secondary N) is 1. The standard InChI is InChI=1S/C24H20.C19H22.C8H13N.C4H8.C3H8.C2H6.C2H4/c1-4-6-7-8-13-18(3)24-22-16-11-9-14-20(22)19(5-2)21-15-10-12-17-23(21)24;1-5-7-9-12-17(4)19(15-16(3)6-2)18-13-10-8-11-14-18;1-4-6-7-8(5-2)9-3;1-3-4-2;1-3-2;2*1-2/h4-17H,1-3H2;5-15H,1H2,2-4H3;4-7,9H,1H2,2-3H3;3-4H,1-2H3;3H2,1-2H3;1-2H3;1-2H2/b7-6+,13-8-;9-7-,16-6+,17-12+,19-15-;7-6-,8-5+;4-3-;;;. The van der Waals surface area contributed by atoms with E-state index in [2.05, 4.69) is 177 Å². The summed E-state index contributed by atoms with van der Waals surface area (Å²) in [5.41, 5.74) is 9.45. The number of rotatable bonds is 13. The molecule has 0 saturated heterocycles. The van der Waals surface area contributed by atoms with Crippen molar-refractivity contribution in [3.8, 4) is 0 Å². The minimum atomic E-state index is 0.992. The quantitative estimate of drug-likeness (QED) is 0.0803.